The van der Waals surface area contributed by atoms with Crippen LogP contribution in [0, 0.1) is 6.92 Å². The van der Waals surface area contributed by atoms with Crippen molar-refractivity contribution in [1.29, 1.82) is 0 Å². The number of ether oxygens (including phenoxy) is 2. The largest absolute Gasteiger partial charge is 0.496 e. The number of rotatable bonds is 8. The quantitative estimate of drug-likeness (QED) is 0.278. The van der Waals surface area contributed by atoms with E-state index in [-0.39, 0.29) is 25.6 Å². The molecule has 9 heteroatoms. The molecule has 0 fully saturated rings. The average molecular weight is 499 g/mol. The van der Waals surface area contributed by atoms with Crippen molar-refractivity contribution in [2.75, 3.05) is 19.0 Å². The lowest BCUT2D eigenvalue weighted by molar-refractivity contribution is -0.142. The van der Waals surface area contributed by atoms with Gasteiger partial charge in [-0.25, -0.2) is 0 Å². The first-order chi connectivity index (χ1) is 17.2. The monoisotopic (exact) mass is 498 g/mol. The van der Waals surface area contributed by atoms with Gasteiger partial charge in [0.2, 0.25) is 0 Å². The molecule has 0 saturated heterocycles. The van der Waals surface area contributed by atoms with Gasteiger partial charge >= 0.3 is 12.1 Å². The van der Waals surface area contributed by atoms with Crippen LogP contribution < -0.4 is 10.1 Å². The minimum absolute atomic E-state index is 0.0102. The third kappa shape index (κ3) is 5.62. The lowest BCUT2D eigenvalue weighted by Crippen LogP contribution is -2.09. The summed E-state index contributed by atoms with van der Waals surface area (Å²) in [6, 6.07) is 14.4. The maximum absolute atomic E-state index is 13.5. The van der Waals surface area contributed by atoms with Gasteiger partial charge in [0.25, 0.3) is 6.01 Å². The smallest absolute Gasteiger partial charge is 0.416 e. The fourth-order valence-corrected chi connectivity index (χ4v) is 3.92. The van der Waals surface area contributed by atoms with Gasteiger partial charge < -0.3 is 19.2 Å². The van der Waals surface area contributed by atoms with Crippen molar-refractivity contribution in [3.63, 3.8) is 0 Å². The van der Waals surface area contributed by atoms with Gasteiger partial charge in [-0.05, 0) is 72.5 Å². The number of carbonyl (C=O) groups excluding carboxylic acids is 1. The molecule has 1 heterocycles. The zero-order valence-corrected chi connectivity index (χ0v) is 20.0. The van der Waals surface area contributed by atoms with E-state index in [1.54, 1.807) is 31.2 Å². The van der Waals surface area contributed by atoms with Crippen molar-refractivity contribution in [2.45, 2.75) is 33.0 Å². The zero-order valence-electron chi connectivity index (χ0n) is 20.0. The third-order valence-electron chi connectivity index (χ3n) is 5.61. The van der Waals surface area contributed by atoms with Crippen LogP contribution >= 0.6 is 0 Å². The summed E-state index contributed by atoms with van der Waals surface area (Å²) in [5, 5.41) is 3.00. The molecule has 0 aliphatic carbocycles. The molecule has 0 saturated carbocycles. The molecule has 0 spiro atoms. The van der Waals surface area contributed by atoms with Crippen molar-refractivity contribution in [2.24, 2.45) is 0 Å². The second-order valence-electron chi connectivity index (χ2n) is 8.23. The highest BCUT2D eigenvalue weighted by molar-refractivity contribution is 5.78. The van der Waals surface area contributed by atoms with E-state index in [4.69, 9.17) is 13.9 Å². The Balaban J connectivity index is 1.72. The fraction of sp³-hybridized carbons (Fsp3) is 0.259. The number of hydrogen-bond donors (Lipinski definition) is 1. The first-order valence-electron chi connectivity index (χ1n) is 11.3. The number of nitrogens with zero attached hydrogens (tertiary/aromatic N) is 1. The molecule has 3 aromatic carbocycles. The van der Waals surface area contributed by atoms with E-state index in [1.807, 2.05) is 19.1 Å². The molecule has 4 rings (SSSR count). The normalized spacial score (nSPS) is 11.5. The number of aromatic nitrogens is 1. The van der Waals surface area contributed by atoms with Crippen LogP contribution in [0.5, 0.6) is 5.75 Å². The van der Waals surface area contributed by atoms with Gasteiger partial charge in [-0.1, -0.05) is 18.2 Å². The van der Waals surface area contributed by atoms with Crippen LogP contribution in [0.2, 0.25) is 0 Å². The van der Waals surface area contributed by atoms with Crippen molar-refractivity contribution in [1.82, 2.24) is 4.98 Å². The number of benzene rings is 3. The second kappa shape index (κ2) is 10.3. The Hall–Kier alpha value is -4.01. The van der Waals surface area contributed by atoms with Crippen LogP contribution in [0.25, 0.3) is 22.2 Å². The van der Waals surface area contributed by atoms with Gasteiger partial charge in [0, 0.05) is 12.1 Å². The molecule has 0 aliphatic rings. The van der Waals surface area contributed by atoms with Gasteiger partial charge in [-0.3, -0.25) is 4.79 Å². The number of fused-ring (bicyclic) bond motifs is 1. The fourth-order valence-electron chi connectivity index (χ4n) is 3.92. The number of methoxy groups -OCH3 is 1. The molecule has 0 radical (unpaired) electrons. The Bertz CT molecular complexity index is 1400. The molecular weight excluding hydrogens is 473 g/mol. The Kier molecular flexibility index (Phi) is 7.19. The standard InChI is InChI=1S/C27H25F3N2O4/c1-4-35-25(33)13-17-6-10-23(34-3)21(12-17)20-8-7-19(27(28,29)30)14-18(20)15-31-26-32-22-11-16(2)5-9-24(22)36-26/h5-12,14H,4,13,15H2,1-3H3,(H,31,32). The Morgan fingerprint density at radius 1 is 1.06 bits per heavy atom. The van der Waals surface area contributed by atoms with Crippen LogP contribution in [0.15, 0.2) is 59.0 Å². The van der Waals surface area contributed by atoms with E-state index in [2.05, 4.69) is 10.3 Å². The van der Waals surface area contributed by atoms with Gasteiger partial charge in [-0.15, -0.1) is 0 Å². The lowest BCUT2D eigenvalue weighted by atomic mass is 9.94. The predicted octanol–water partition coefficient (Wildman–Crippen LogP) is 6.55. The van der Waals surface area contributed by atoms with Crippen LogP contribution in [0.4, 0.5) is 19.2 Å². The summed E-state index contributed by atoms with van der Waals surface area (Å²) in [7, 11) is 1.48. The molecule has 4 aromatic rings. The summed E-state index contributed by atoms with van der Waals surface area (Å²) < 4.78 is 56.8. The highest BCUT2D eigenvalue weighted by atomic mass is 19.4. The molecule has 36 heavy (non-hydrogen) atoms. The first kappa shape index (κ1) is 25.1. The second-order valence-corrected chi connectivity index (χ2v) is 8.23. The molecule has 0 amide bonds. The summed E-state index contributed by atoms with van der Waals surface area (Å²) in [5.41, 5.74) is 3.53. The third-order valence-corrected chi connectivity index (χ3v) is 5.61. The van der Waals surface area contributed by atoms with E-state index < -0.39 is 17.7 Å². The van der Waals surface area contributed by atoms with E-state index in [0.29, 0.717) is 39.1 Å². The van der Waals surface area contributed by atoms with E-state index >= 15 is 0 Å². The first-order valence-corrected chi connectivity index (χ1v) is 11.3. The number of aryl methyl sites for hydroxylation is 1. The number of esters is 1. The number of alkyl halides is 3. The maximum Gasteiger partial charge on any atom is 0.416 e. The summed E-state index contributed by atoms with van der Waals surface area (Å²) in [6.45, 7) is 3.92. The summed E-state index contributed by atoms with van der Waals surface area (Å²) >= 11 is 0. The maximum atomic E-state index is 13.5. The molecular formula is C27H25F3N2O4. The molecule has 0 atom stereocenters. The number of halogens is 3. The predicted molar refractivity (Wildman–Crippen MR) is 130 cm³/mol. The molecule has 0 aliphatic heterocycles. The van der Waals surface area contributed by atoms with Gasteiger partial charge in [0.05, 0.1) is 25.7 Å². The van der Waals surface area contributed by atoms with Gasteiger partial charge in [0.15, 0.2) is 5.58 Å². The van der Waals surface area contributed by atoms with Crippen molar-refractivity contribution >= 4 is 23.1 Å². The van der Waals surface area contributed by atoms with Crippen LogP contribution in [-0.2, 0) is 28.7 Å². The minimum atomic E-state index is -4.52. The Morgan fingerprint density at radius 3 is 2.58 bits per heavy atom. The number of hydrogen-bond acceptors (Lipinski definition) is 6. The SMILES string of the molecule is CCOC(=O)Cc1ccc(OC)c(-c2ccc(C(F)(F)F)cc2CNc2nc3cc(C)ccc3o2)c1. The van der Waals surface area contributed by atoms with E-state index in [9.17, 15) is 18.0 Å². The van der Waals surface area contributed by atoms with E-state index in [0.717, 1.165) is 17.7 Å². The average Bonchev–Trinajstić information content (AvgIpc) is 3.24. The van der Waals surface area contributed by atoms with Crippen LogP contribution in [-0.4, -0.2) is 24.7 Å². The number of anilines is 1. The zero-order chi connectivity index (χ0) is 25.9. The molecule has 0 unspecified atom stereocenters. The molecule has 188 valence electrons. The van der Waals surface area contributed by atoms with Crippen molar-refractivity contribution < 1.29 is 31.9 Å². The summed E-state index contributed by atoms with van der Waals surface area (Å²) in [5.74, 6) is 0.0649. The number of oxazole rings is 1. The molecule has 1 aromatic heterocycles. The molecule has 6 nitrogen and oxygen atoms in total. The highest BCUT2D eigenvalue weighted by Gasteiger charge is 2.31. The van der Waals surface area contributed by atoms with Gasteiger partial charge in [0.1, 0.15) is 11.3 Å². The summed E-state index contributed by atoms with van der Waals surface area (Å²) in [6.07, 6.45) is -4.49. The van der Waals surface area contributed by atoms with Crippen LogP contribution in [0.1, 0.15) is 29.2 Å². The number of carbonyl (C=O) groups is 1. The lowest BCUT2D eigenvalue weighted by Gasteiger charge is -2.17. The Labute approximate surface area is 206 Å². The molecule has 0 bridgehead atoms. The summed E-state index contributed by atoms with van der Waals surface area (Å²) in [4.78, 5) is 16.4. The van der Waals surface area contributed by atoms with Crippen molar-refractivity contribution in [3.05, 3.63) is 76.9 Å². The number of nitrogens with one attached hydrogen (secondary N) is 1. The minimum Gasteiger partial charge on any atom is -0.496 e. The Morgan fingerprint density at radius 2 is 1.86 bits per heavy atom. The van der Waals surface area contributed by atoms with E-state index in [1.165, 1.54) is 13.2 Å². The van der Waals surface area contributed by atoms with Crippen LogP contribution in [0.3, 0.4) is 0 Å². The topological polar surface area (TPSA) is 73.6 Å². The van der Waals surface area contributed by atoms with Crippen molar-refractivity contribution in [3.8, 4) is 16.9 Å². The molecule has 1 N–H and O–H groups in total. The van der Waals surface area contributed by atoms with Gasteiger partial charge in [-0.2, -0.15) is 18.2 Å². The highest BCUT2D eigenvalue weighted by Crippen LogP contribution is 2.38.